The number of alkyl halides is 3. The lowest BCUT2D eigenvalue weighted by Gasteiger charge is -2.23. The van der Waals surface area contributed by atoms with Gasteiger partial charge in [-0.2, -0.15) is 13.2 Å². The topological polar surface area (TPSA) is 58.4 Å². The van der Waals surface area contributed by atoms with Crippen LogP contribution in [0, 0.1) is 0 Å². The van der Waals surface area contributed by atoms with Crippen LogP contribution in [0.2, 0.25) is 0 Å². The van der Waals surface area contributed by atoms with Crippen molar-refractivity contribution in [3.05, 3.63) is 35.9 Å². The van der Waals surface area contributed by atoms with Crippen molar-refractivity contribution in [1.82, 2.24) is 10.2 Å². The van der Waals surface area contributed by atoms with Gasteiger partial charge in [0.2, 0.25) is 5.91 Å². The fourth-order valence-corrected chi connectivity index (χ4v) is 2.38. The second-order valence-electron chi connectivity index (χ2n) is 5.15. The lowest BCUT2D eigenvalue weighted by Crippen LogP contribution is -2.42. The molecule has 2 atom stereocenters. The number of nitrogens with zero attached hydrogens (tertiary/aromatic N) is 1. The number of likely N-dealkylation sites (tertiary alicyclic amines) is 1. The summed E-state index contributed by atoms with van der Waals surface area (Å²) in [5, 5.41) is 2.31. The van der Waals surface area contributed by atoms with E-state index in [2.05, 4.69) is 5.32 Å². The number of nitrogens with one attached hydrogen (secondary N) is 1. The summed E-state index contributed by atoms with van der Waals surface area (Å²) in [6.07, 6.45) is -3.77. The number of hydrogen-bond acceptors (Lipinski definition) is 3. The summed E-state index contributed by atoms with van der Waals surface area (Å²) in [6, 6.07) is 5.57. The van der Waals surface area contributed by atoms with Gasteiger partial charge in [-0.15, -0.1) is 24.8 Å². The van der Waals surface area contributed by atoms with Crippen LogP contribution in [0.5, 0.6) is 0 Å². The van der Waals surface area contributed by atoms with E-state index in [9.17, 15) is 18.0 Å². The van der Waals surface area contributed by atoms with Crippen molar-refractivity contribution in [1.29, 1.82) is 0 Å². The van der Waals surface area contributed by atoms with E-state index in [4.69, 9.17) is 5.73 Å². The molecular weight excluding hydrogens is 354 g/mol. The monoisotopic (exact) mass is 373 g/mol. The molecule has 1 heterocycles. The third-order valence-corrected chi connectivity index (χ3v) is 3.50. The zero-order valence-electron chi connectivity index (χ0n) is 12.3. The molecule has 23 heavy (non-hydrogen) atoms. The van der Waals surface area contributed by atoms with Gasteiger partial charge in [0, 0.05) is 19.1 Å². The van der Waals surface area contributed by atoms with Gasteiger partial charge in [0.1, 0.15) is 6.04 Å². The number of carbonyl (C=O) groups is 1. The largest absolute Gasteiger partial charge is 0.407 e. The molecule has 1 amide bonds. The van der Waals surface area contributed by atoms with Crippen LogP contribution in [0.1, 0.15) is 18.0 Å². The average Bonchev–Trinajstić information content (AvgIpc) is 2.85. The summed E-state index contributed by atoms with van der Waals surface area (Å²) in [5.41, 5.74) is 5.78. The van der Waals surface area contributed by atoms with E-state index in [1.165, 1.54) is 29.2 Å². The molecule has 0 saturated carbocycles. The summed E-state index contributed by atoms with van der Waals surface area (Å²) >= 11 is 0. The molecule has 1 saturated heterocycles. The number of hydrogen-bond donors (Lipinski definition) is 2. The summed E-state index contributed by atoms with van der Waals surface area (Å²) in [4.78, 5) is 13.4. The third-order valence-electron chi connectivity index (χ3n) is 3.50. The lowest BCUT2D eigenvalue weighted by atomic mass is 10.1. The number of halogens is 5. The second kappa shape index (κ2) is 9.32. The summed E-state index contributed by atoms with van der Waals surface area (Å²) in [6.45, 7) is 0.554. The predicted octanol–water partition coefficient (Wildman–Crippen LogP) is 2.28. The van der Waals surface area contributed by atoms with Crippen LogP contribution in [-0.4, -0.2) is 42.7 Å². The number of amides is 1. The Balaban J connectivity index is 0.00000242. The molecule has 4 nitrogen and oxygen atoms in total. The summed E-state index contributed by atoms with van der Waals surface area (Å²) in [7, 11) is 0. The highest BCUT2D eigenvalue weighted by Crippen LogP contribution is 2.32. The minimum absolute atomic E-state index is 0. The van der Waals surface area contributed by atoms with Crippen molar-refractivity contribution in [3.8, 4) is 0 Å². The lowest BCUT2D eigenvalue weighted by molar-refractivity contribution is -0.159. The van der Waals surface area contributed by atoms with Crippen molar-refractivity contribution in [2.24, 2.45) is 5.73 Å². The van der Waals surface area contributed by atoms with Gasteiger partial charge in [-0.05, 0) is 12.0 Å². The highest BCUT2D eigenvalue weighted by Gasteiger charge is 2.41. The normalized spacial score (nSPS) is 18.8. The van der Waals surface area contributed by atoms with Gasteiger partial charge < -0.3 is 10.6 Å². The highest BCUT2D eigenvalue weighted by molar-refractivity contribution is 5.85. The van der Waals surface area contributed by atoms with Crippen molar-refractivity contribution in [2.45, 2.75) is 24.7 Å². The SMILES string of the molecule is Cl.Cl.N[C@@H]1CCN(C(=O)CNC(c2ccccc2)C(F)(F)F)C1. The molecule has 1 aliphatic rings. The van der Waals surface area contributed by atoms with Crippen LogP contribution in [-0.2, 0) is 4.79 Å². The Morgan fingerprint density at radius 2 is 1.91 bits per heavy atom. The Bertz CT molecular complexity index is 488. The van der Waals surface area contributed by atoms with Gasteiger partial charge in [-0.1, -0.05) is 30.3 Å². The minimum Gasteiger partial charge on any atom is -0.340 e. The molecule has 1 aliphatic heterocycles. The van der Waals surface area contributed by atoms with Gasteiger partial charge in [0.15, 0.2) is 0 Å². The second-order valence-corrected chi connectivity index (χ2v) is 5.15. The van der Waals surface area contributed by atoms with Crippen molar-refractivity contribution in [2.75, 3.05) is 19.6 Å². The fraction of sp³-hybridized carbons (Fsp3) is 0.500. The molecule has 0 radical (unpaired) electrons. The van der Waals surface area contributed by atoms with E-state index in [-0.39, 0.29) is 48.9 Å². The number of rotatable bonds is 4. The van der Waals surface area contributed by atoms with Crippen LogP contribution in [0.3, 0.4) is 0 Å². The molecule has 1 fully saturated rings. The molecule has 132 valence electrons. The molecule has 9 heteroatoms. The van der Waals surface area contributed by atoms with E-state index in [1.54, 1.807) is 6.07 Å². The maximum Gasteiger partial charge on any atom is 0.407 e. The van der Waals surface area contributed by atoms with Crippen molar-refractivity contribution in [3.63, 3.8) is 0 Å². The standard InChI is InChI=1S/C14H18F3N3O.2ClH/c15-14(16,17)13(10-4-2-1-3-5-10)19-8-12(21)20-7-6-11(18)9-20;;/h1-5,11,13,19H,6-9,18H2;2*1H/t11-,13?;;/m1../s1. The first-order chi connectivity index (χ1) is 9.88. The molecule has 0 bridgehead atoms. The first kappa shape index (κ1) is 22.0. The number of benzene rings is 1. The van der Waals surface area contributed by atoms with E-state index < -0.39 is 12.2 Å². The predicted molar refractivity (Wildman–Crippen MR) is 86.9 cm³/mol. The summed E-state index contributed by atoms with van der Waals surface area (Å²) < 4.78 is 39.3. The highest BCUT2D eigenvalue weighted by atomic mass is 35.5. The van der Waals surface area contributed by atoms with Crippen molar-refractivity contribution >= 4 is 30.7 Å². The summed E-state index contributed by atoms with van der Waals surface area (Å²) in [5.74, 6) is -0.354. The first-order valence-corrected chi connectivity index (χ1v) is 6.76. The van der Waals surface area contributed by atoms with E-state index >= 15 is 0 Å². The fourth-order valence-electron chi connectivity index (χ4n) is 2.38. The Morgan fingerprint density at radius 3 is 2.39 bits per heavy atom. The van der Waals surface area contributed by atoms with Gasteiger partial charge in [-0.3, -0.25) is 10.1 Å². The first-order valence-electron chi connectivity index (χ1n) is 6.76. The Hall–Kier alpha value is -1.02. The Labute approximate surface area is 145 Å². The molecule has 0 spiro atoms. The Kier molecular flexibility index (Phi) is 8.90. The number of nitrogens with two attached hydrogens (primary N) is 1. The molecule has 3 N–H and O–H groups in total. The molecule has 0 aromatic heterocycles. The smallest absolute Gasteiger partial charge is 0.340 e. The van der Waals surface area contributed by atoms with E-state index in [1.807, 2.05) is 0 Å². The van der Waals surface area contributed by atoms with Crippen LogP contribution < -0.4 is 11.1 Å². The van der Waals surface area contributed by atoms with Crippen molar-refractivity contribution < 1.29 is 18.0 Å². The van der Waals surface area contributed by atoms with Crippen LogP contribution in [0.15, 0.2) is 30.3 Å². The maximum atomic E-state index is 13.1. The maximum absolute atomic E-state index is 13.1. The molecule has 2 rings (SSSR count). The zero-order chi connectivity index (χ0) is 15.5. The number of carbonyl (C=O) groups excluding carboxylic acids is 1. The van der Waals surface area contributed by atoms with Crippen LogP contribution >= 0.6 is 24.8 Å². The zero-order valence-corrected chi connectivity index (χ0v) is 13.9. The van der Waals surface area contributed by atoms with Gasteiger partial charge in [0.05, 0.1) is 6.54 Å². The molecule has 0 aliphatic carbocycles. The van der Waals surface area contributed by atoms with Crippen LogP contribution in [0.4, 0.5) is 13.2 Å². The average molecular weight is 374 g/mol. The van der Waals surface area contributed by atoms with Gasteiger partial charge in [-0.25, -0.2) is 0 Å². The van der Waals surface area contributed by atoms with E-state index in [0.29, 0.717) is 19.5 Å². The van der Waals surface area contributed by atoms with Gasteiger partial charge in [0.25, 0.3) is 0 Å². The van der Waals surface area contributed by atoms with E-state index in [0.717, 1.165) is 0 Å². The third kappa shape index (κ3) is 6.18. The van der Waals surface area contributed by atoms with Gasteiger partial charge >= 0.3 is 6.18 Å². The minimum atomic E-state index is -4.46. The Morgan fingerprint density at radius 1 is 1.30 bits per heavy atom. The quantitative estimate of drug-likeness (QED) is 0.850. The molecular formula is C14H20Cl2F3N3O. The molecule has 1 aromatic carbocycles. The van der Waals surface area contributed by atoms with Crippen LogP contribution in [0.25, 0.3) is 0 Å². The molecule has 1 unspecified atom stereocenters. The molecule has 1 aromatic rings.